The molecule has 1 aromatic rings. The van der Waals surface area contributed by atoms with E-state index in [0.717, 1.165) is 0 Å². The van der Waals surface area contributed by atoms with Gasteiger partial charge in [0.25, 0.3) is 0 Å². The van der Waals surface area contributed by atoms with E-state index in [0.29, 0.717) is 6.42 Å². The first-order valence-corrected chi connectivity index (χ1v) is 5.44. The molecule has 2 N–H and O–H groups in total. The van der Waals surface area contributed by atoms with Gasteiger partial charge in [0.15, 0.2) is 0 Å². The number of nitrogens with zero attached hydrogens (tertiary/aromatic N) is 1. The average Bonchev–Trinajstić information content (AvgIpc) is 2.14. The topological polar surface area (TPSA) is 38.9 Å². The van der Waals surface area contributed by atoms with Crippen LogP contribution in [0.1, 0.15) is 44.0 Å². The minimum Gasteiger partial charge on any atom is -0.384 e. The highest BCUT2D eigenvalue weighted by Crippen LogP contribution is 2.40. The Morgan fingerprint density at radius 3 is 2.24 bits per heavy atom. The number of halogens is 3. The Hall–Kier alpha value is -1.26. The third-order valence-electron chi connectivity index (χ3n) is 3.12. The van der Waals surface area contributed by atoms with Crippen molar-refractivity contribution >= 4 is 5.82 Å². The van der Waals surface area contributed by atoms with Gasteiger partial charge in [-0.2, -0.15) is 13.2 Å². The Kier molecular flexibility index (Phi) is 3.41. The van der Waals surface area contributed by atoms with Crippen molar-refractivity contribution in [2.75, 3.05) is 5.73 Å². The van der Waals surface area contributed by atoms with E-state index in [-0.39, 0.29) is 17.1 Å². The van der Waals surface area contributed by atoms with E-state index in [9.17, 15) is 13.2 Å². The molecule has 1 aromatic heterocycles. The molecule has 1 heterocycles. The molecule has 0 aliphatic rings. The van der Waals surface area contributed by atoms with Crippen molar-refractivity contribution in [2.24, 2.45) is 0 Å². The molecular weight excluding hydrogens is 229 g/mol. The number of alkyl halides is 3. The zero-order chi connectivity index (χ0) is 13.4. The number of aryl methyl sites for hydroxylation is 1. The second-order valence-corrected chi connectivity index (χ2v) is 4.79. The third-order valence-corrected chi connectivity index (χ3v) is 3.12. The molecule has 0 aliphatic heterocycles. The lowest BCUT2D eigenvalue weighted by atomic mass is 9.79. The van der Waals surface area contributed by atoms with Gasteiger partial charge in [-0.15, -0.1) is 0 Å². The molecule has 0 atom stereocenters. The molecule has 0 amide bonds. The maximum Gasteiger partial charge on any atom is 0.418 e. The summed E-state index contributed by atoms with van der Waals surface area (Å²) < 4.78 is 39.1. The van der Waals surface area contributed by atoms with Crippen molar-refractivity contribution < 1.29 is 13.2 Å². The SMILES string of the molecule is CCC(C)(C)c1cc(N)nc(C)c1C(F)(F)F. The van der Waals surface area contributed by atoms with E-state index in [1.807, 2.05) is 6.92 Å². The van der Waals surface area contributed by atoms with Crippen LogP contribution in [-0.2, 0) is 11.6 Å². The second kappa shape index (κ2) is 4.20. The summed E-state index contributed by atoms with van der Waals surface area (Å²) in [6.07, 6.45) is -3.80. The van der Waals surface area contributed by atoms with Crippen LogP contribution in [0.4, 0.5) is 19.0 Å². The van der Waals surface area contributed by atoms with Crippen LogP contribution in [0.3, 0.4) is 0 Å². The number of nitrogen functional groups attached to an aromatic ring is 1. The molecule has 0 saturated heterocycles. The summed E-state index contributed by atoms with van der Waals surface area (Å²) in [5.74, 6) is 0.132. The summed E-state index contributed by atoms with van der Waals surface area (Å²) in [7, 11) is 0. The predicted molar refractivity (Wildman–Crippen MR) is 61.7 cm³/mol. The van der Waals surface area contributed by atoms with Gasteiger partial charge in [-0.3, -0.25) is 0 Å². The van der Waals surface area contributed by atoms with E-state index in [4.69, 9.17) is 5.73 Å². The first kappa shape index (κ1) is 13.8. The summed E-state index contributed by atoms with van der Waals surface area (Å²) in [5.41, 5.74) is 4.47. The molecule has 0 aliphatic carbocycles. The van der Waals surface area contributed by atoms with E-state index < -0.39 is 17.2 Å². The summed E-state index contributed by atoms with van der Waals surface area (Å²) in [5, 5.41) is 0. The lowest BCUT2D eigenvalue weighted by Gasteiger charge is -2.28. The van der Waals surface area contributed by atoms with Gasteiger partial charge in [0.1, 0.15) is 5.82 Å². The van der Waals surface area contributed by atoms with Crippen LogP contribution in [0.5, 0.6) is 0 Å². The largest absolute Gasteiger partial charge is 0.418 e. The van der Waals surface area contributed by atoms with Crippen molar-refractivity contribution in [3.05, 3.63) is 22.9 Å². The summed E-state index contributed by atoms with van der Waals surface area (Å²) in [6, 6.07) is 1.33. The van der Waals surface area contributed by atoms with Gasteiger partial charge in [0.2, 0.25) is 0 Å². The Morgan fingerprint density at radius 1 is 1.29 bits per heavy atom. The van der Waals surface area contributed by atoms with Gasteiger partial charge in [0, 0.05) is 0 Å². The van der Waals surface area contributed by atoms with Crippen LogP contribution in [-0.4, -0.2) is 4.98 Å². The highest BCUT2D eigenvalue weighted by Gasteiger charge is 2.39. The molecule has 0 spiro atoms. The fourth-order valence-corrected chi connectivity index (χ4v) is 1.78. The molecule has 0 aromatic carbocycles. The van der Waals surface area contributed by atoms with E-state index in [1.54, 1.807) is 13.8 Å². The van der Waals surface area contributed by atoms with Crippen LogP contribution in [0, 0.1) is 6.92 Å². The summed E-state index contributed by atoms with van der Waals surface area (Å²) >= 11 is 0. The van der Waals surface area contributed by atoms with Crippen molar-refractivity contribution in [2.45, 2.75) is 45.7 Å². The molecule has 0 saturated carbocycles. The zero-order valence-electron chi connectivity index (χ0n) is 10.4. The number of aromatic nitrogens is 1. The smallest absolute Gasteiger partial charge is 0.384 e. The van der Waals surface area contributed by atoms with Crippen LogP contribution in [0.25, 0.3) is 0 Å². The molecular formula is C12H17F3N2. The van der Waals surface area contributed by atoms with Crippen molar-refractivity contribution in [3.8, 4) is 0 Å². The predicted octanol–water partition coefficient (Wildman–Crippen LogP) is 3.68. The van der Waals surface area contributed by atoms with Crippen molar-refractivity contribution in [1.82, 2.24) is 4.98 Å². The van der Waals surface area contributed by atoms with Gasteiger partial charge >= 0.3 is 6.18 Å². The van der Waals surface area contributed by atoms with E-state index in [2.05, 4.69) is 4.98 Å². The van der Waals surface area contributed by atoms with Crippen LogP contribution in [0.15, 0.2) is 6.07 Å². The monoisotopic (exact) mass is 246 g/mol. The highest BCUT2D eigenvalue weighted by atomic mass is 19.4. The van der Waals surface area contributed by atoms with E-state index >= 15 is 0 Å². The van der Waals surface area contributed by atoms with Crippen LogP contribution >= 0.6 is 0 Å². The lowest BCUT2D eigenvalue weighted by Crippen LogP contribution is -2.24. The summed E-state index contributed by atoms with van der Waals surface area (Å²) in [6.45, 7) is 6.74. The first-order chi connectivity index (χ1) is 7.59. The number of hydrogen-bond donors (Lipinski definition) is 1. The first-order valence-electron chi connectivity index (χ1n) is 5.44. The van der Waals surface area contributed by atoms with Crippen molar-refractivity contribution in [1.29, 1.82) is 0 Å². The Labute approximate surface area is 99.0 Å². The number of rotatable bonds is 2. The van der Waals surface area contributed by atoms with Gasteiger partial charge in [0.05, 0.1) is 11.3 Å². The number of hydrogen-bond acceptors (Lipinski definition) is 2. The minimum atomic E-state index is -4.40. The van der Waals surface area contributed by atoms with Gasteiger partial charge in [-0.25, -0.2) is 4.98 Å². The minimum absolute atomic E-state index is 0.0611. The Bertz CT molecular complexity index is 422. The second-order valence-electron chi connectivity index (χ2n) is 4.79. The van der Waals surface area contributed by atoms with Gasteiger partial charge < -0.3 is 5.73 Å². The lowest BCUT2D eigenvalue weighted by molar-refractivity contribution is -0.139. The molecule has 0 radical (unpaired) electrons. The fraction of sp³-hybridized carbons (Fsp3) is 0.583. The Balaban J connectivity index is 3.58. The zero-order valence-corrected chi connectivity index (χ0v) is 10.4. The van der Waals surface area contributed by atoms with Crippen LogP contribution < -0.4 is 5.73 Å². The van der Waals surface area contributed by atoms with Crippen molar-refractivity contribution in [3.63, 3.8) is 0 Å². The molecule has 0 bridgehead atoms. The quantitative estimate of drug-likeness (QED) is 0.864. The molecule has 0 unspecified atom stereocenters. The number of anilines is 1. The maximum absolute atomic E-state index is 13.0. The molecule has 96 valence electrons. The Morgan fingerprint density at radius 2 is 1.82 bits per heavy atom. The molecule has 0 fully saturated rings. The normalized spacial score (nSPS) is 12.9. The molecule has 2 nitrogen and oxygen atoms in total. The third kappa shape index (κ3) is 2.70. The standard InChI is InChI=1S/C12H17F3N2/c1-5-11(3,4)8-6-9(16)17-7(2)10(8)12(13,14)15/h6H,5H2,1-4H3,(H2,16,17). The number of nitrogens with two attached hydrogens (primary N) is 1. The number of pyridine rings is 1. The summed E-state index contributed by atoms with van der Waals surface area (Å²) in [4.78, 5) is 3.71. The molecule has 5 heteroatoms. The van der Waals surface area contributed by atoms with E-state index in [1.165, 1.54) is 13.0 Å². The van der Waals surface area contributed by atoms with Gasteiger partial charge in [-0.1, -0.05) is 20.8 Å². The van der Waals surface area contributed by atoms with Gasteiger partial charge in [-0.05, 0) is 30.4 Å². The fourth-order valence-electron chi connectivity index (χ4n) is 1.78. The maximum atomic E-state index is 13.0. The molecule has 1 rings (SSSR count). The molecule has 17 heavy (non-hydrogen) atoms. The van der Waals surface area contributed by atoms with Crippen LogP contribution in [0.2, 0.25) is 0 Å². The highest BCUT2D eigenvalue weighted by molar-refractivity contribution is 5.45. The average molecular weight is 246 g/mol.